The maximum atomic E-state index is 10.6. The summed E-state index contributed by atoms with van der Waals surface area (Å²) in [7, 11) is 0. The van der Waals surface area contributed by atoms with Crippen molar-refractivity contribution in [1.29, 1.82) is 0 Å². The molecule has 0 spiro atoms. The Balaban J connectivity index is 0.00000116. The number of fused-ring (bicyclic) bond motifs is 1. The summed E-state index contributed by atoms with van der Waals surface area (Å²) in [6.45, 7) is 5.49. The number of carboxylic acids is 1. The van der Waals surface area contributed by atoms with Crippen molar-refractivity contribution in [2.24, 2.45) is 0 Å². The second kappa shape index (κ2) is 9.74. The van der Waals surface area contributed by atoms with E-state index in [0.717, 1.165) is 24.8 Å². The number of carbonyl (C=O) groups is 1. The molecule has 0 saturated heterocycles. The summed E-state index contributed by atoms with van der Waals surface area (Å²) in [6, 6.07) is 5.84. The first-order valence-electron chi connectivity index (χ1n) is 7.84. The molecule has 1 aliphatic carbocycles. The first-order chi connectivity index (χ1) is 10.6. The molecule has 0 saturated carbocycles. The lowest BCUT2D eigenvalue weighted by Gasteiger charge is -2.27. The molecule has 0 aromatic heterocycles. The number of aliphatic hydroxyl groups is 1. The van der Waals surface area contributed by atoms with Crippen LogP contribution in [0.1, 0.15) is 50.0 Å². The van der Waals surface area contributed by atoms with Gasteiger partial charge in [-0.05, 0) is 43.4 Å². The van der Waals surface area contributed by atoms with Gasteiger partial charge in [-0.1, -0.05) is 26.0 Å². The van der Waals surface area contributed by atoms with E-state index < -0.39 is 5.97 Å². The van der Waals surface area contributed by atoms with Gasteiger partial charge in [-0.3, -0.25) is 0 Å². The molecule has 2 rings (SSSR count). The van der Waals surface area contributed by atoms with Crippen LogP contribution in [0.2, 0.25) is 0 Å². The number of rotatable bonds is 6. The maximum Gasteiger partial charge on any atom is 0.341 e. The fraction of sp³-hybridized carbons (Fsp3) is 0.588. The van der Waals surface area contributed by atoms with E-state index in [9.17, 15) is 9.90 Å². The van der Waals surface area contributed by atoms with E-state index in [0.29, 0.717) is 16.8 Å². The molecule has 1 aromatic rings. The Hall–Kier alpha value is -1.20. The number of thioether (sulfide) groups is 1. The van der Waals surface area contributed by atoms with Gasteiger partial charge in [-0.15, -0.1) is 0 Å². The maximum absolute atomic E-state index is 10.6. The van der Waals surface area contributed by atoms with Crippen molar-refractivity contribution in [3.05, 3.63) is 29.3 Å². The van der Waals surface area contributed by atoms with Gasteiger partial charge in [0, 0.05) is 11.0 Å². The number of aliphatic hydroxyl groups excluding tert-OH is 1. The molecule has 4 nitrogen and oxygen atoms in total. The van der Waals surface area contributed by atoms with Gasteiger partial charge < -0.3 is 14.9 Å². The molecule has 2 atom stereocenters. The number of hydrogen-bond acceptors (Lipinski definition) is 4. The molecule has 0 fully saturated rings. The zero-order valence-corrected chi connectivity index (χ0v) is 14.4. The minimum Gasteiger partial charge on any atom is -0.482 e. The lowest BCUT2D eigenvalue weighted by molar-refractivity contribution is -0.139. The molecule has 2 N–H and O–H groups in total. The molecule has 0 amide bonds. The Morgan fingerprint density at radius 2 is 2.18 bits per heavy atom. The first-order valence-corrected chi connectivity index (χ1v) is 8.89. The topological polar surface area (TPSA) is 66.8 Å². The predicted molar refractivity (Wildman–Crippen MR) is 90.7 cm³/mol. The Kier molecular flexibility index (Phi) is 8.35. The van der Waals surface area contributed by atoms with Gasteiger partial charge in [0.1, 0.15) is 5.75 Å². The largest absolute Gasteiger partial charge is 0.482 e. The van der Waals surface area contributed by atoms with Gasteiger partial charge in [0.05, 0.1) is 6.10 Å². The highest BCUT2D eigenvalue weighted by Crippen LogP contribution is 2.42. The molecule has 1 aliphatic rings. The van der Waals surface area contributed by atoms with Crippen LogP contribution in [0.4, 0.5) is 0 Å². The molecule has 2 unspecified atom stereocenters. The monoisotopic (exact) mass is 326 g/mol. The number of benzene rings is 1. The normalized spacial score (nSPS) is 17.7. The molecular weight excluding hydrogens is 300 g/mol. The smallest absolute Gasteiger partial charge is 0.341 e. The average molecular weight is 326 g/mol. The summed E-state index contributed by atoms with van der Waals surface area (Å²) in [6.07, 6.45) is 2.78. The average Bonchev–Trinajstić information content (AvgIpc) is 2.52. The van der Waals surface area contributed by atoms with Crippen molar-refractivity contribution in [3.63, 3.8) is 0 Å². The standard InChI is InChI=1S/C15H20O4S.C2H6/c1-10(16)9-20-14-7-3-4-11-12(14)5-2-6-13(11)19-8-15(17)18;1-2/h2,5-6,10,14,16H,3-4,7-9H2,1H3,(H,17,18);1-2H3. The van der Waals surface area contributed by atoms with Crippen molar-refractivity contribution in [2.75, 3.05) is 12.4 Å². The van der Waals surface area contributed by atoms with E-state index >= 15 is 0 Å². The Morgan fingerprint density at radius 1 is 1.45 bits per heavy atom. The number of aliphatic carboxylic acids is 1. The Labute approximate surface area is 136 Å². The highest BCUT2D eigenvalue weighted by Gasteiger charge is 2.23. The lowest BCUT2D eigenvalue weighted by atomic mass is 9.90. The van der Waals surface area contributed by atoms with Gasteiger partial charge in [0.2, 0.25) is 0 Å². The lowest BCUT2D eigenvalue weighted by Crippen LogP contribution is -2.15. The minimum absolute atomic E-state index is 0.304. The summed E-state index contributed by atoms with van der Waals surface area (Å²) in [5, 5.41) is 18.5. The Morgan fingerprint density at radius 3 is 2.82 bits per heavy atom. The highest BCUT2D eigenvalue weighted by atomic mass is 32.2. The minimum atomic E-state index is -0.960. The zero-order valence-electron chi connectivity index (χ0n) is 13.5. The van der Waals surface area contributed by atoms with Crippen LogP contribution in [-0.4, -0.2) is 34.6 Å². The van der Waals surface area contributed by atoms with Crippen molar-refractivity contribution in [1.82, 2.24) is 0 Å². The molecule has 0 bridgehead atoms. The summed E-state index contributed by atoms with van der Waals surface area (Å²) in [5.74, 6) is 0.440. The summed E-state index contributed by atoms with van der Waals surface area (Å²) in [4.78, 5) is 10.6. The highest BCUT2D eigenvalue weighted by molar-refractivity contribution is 7.99. The SMILES string of the molecule is CC.CC(O)CSC1CCCc2c(OCC(=O)O)cccc21. The molecule has 1 aromatic carbocycles. The van der Waals surface area contributed by atoms with E-state index in [1.54, 1.807) is 18.7 Å². The van der Waals surface area contributed by atoms with Gasteiger partial charge in [-0.2, -0.15) is 11.8 Å². The van der Waals surface area contributed by atoms with Crippen molar-refractivity contribution in [2.45, 2.75) is 51.4 Å². The number of hydrogen-bond donors (Lipinski definition) is 2. The fourth-order valence-corrected chi connectivity index (χ4v) is 3.72. The summed E-state index contributed by atoms with van der Waals surface area (Å²) >= 11 is 1.76. The van der Waals surface area contributed by atoms with E-state index in [-0.39, 0.29) is 12.7 Å². The van der Waals surface area contributed by atoms with Gasteiger partial charge >= 0.3 is 5.97 Å². The van der Waals surface area contributed by atoms with Gasteiger partial charge in [0.25, 0.3) is 0 Å². The fourth-order valence-electron chi connectivity index (χ4n) is 2.47. The van der Waals surface area contributed by atoms with E-state index in [1.165, 1.54) is 5.56 Å². The van der Waals surface area contributed by atoms with Gasteiger partial charge in [-0.25, -0.2) is 4.79 Å². The van der Waals surface area contributed by atoms with E-state index in [4.69, 9.17) is 9.84 Å². The van der Waals surface area contributed by atoms with Crippen LogP contribution in [0.3, 0.4) is 0 Å². The van der Waals surface area contributed by atoms with Crippen LogP contribution in [0.15, 0.2) is 18.2 Å². The first kappa shape index (κ1) is 18.8. The third-order valence-electron chi connectivity index (χ3n) is 3.30. The summed E-state index contributed by atoms with van der Waals surface area (Å²) < 4.78 is 5.38. The van der Waals surface area contributed by atoms with Crippen LogP contribution in [-0.2, 0) is 11.2 Å². The van der Waals surface area contributed by atoms with Crippen LogP contribution < -0.4 is 4.74 Å². The van der Waals surface area contributed by atoms with Gasteiger partial charge in [0.15, 0.2) is 6.61 Å². The second-order valence-electron chi connectivity index (χ2n) is 5.07. The molecule has 0 radical (unpaired) electrons. The molecular formula is C17H26O4S. The Bertz CT molecular complexity index is 474. The number of ether oxygens (including phenoxy) is 1. The zero-order chi connectivity index (χ0) is 16.5. The molecule has 5 heteroatoms. The molecule has 124 valence electrons. The van der Waals surface area contributed by atoms with Crippen LogP contribution in [0.5, 0.6) is 5.75 Å². The summed E-state index contributed by atoms with van der Waals surface area (Å²) in [5.41, 5.74) is 2.35. The van der Waals surface area contributed by atoms with Crippen LogP contribution in [0.25, 0.3) is 0 Å². The van der Waals surface area contributed by atoms with Crippen molar-refractivity contribution in [3.8, 4) is 5.75 Å². The van der Waals surface area contributed by atoms with Crippen LogP contribution in [0, 0.1) is 0 Å². The number of carboxylic acid groups (broad SMARTS) is 1. The predicted octanol–water partition coefficient (Wildman–Crippen LogP) is 3.67. The molecule has 0 heterocycles. The van der Waals surface area contributed by atoms with Crippen molar-refractivity contribution < 1.29 is 19.7 Å². The van der Waals surface area contributed by atoms with Crippen molar-refractivity contribution >= 4 is 17.7 Å². The van der Waals surface area contributed by atoms with Crippen LogP contribution >= 0.6 is 11.8 Å². The molecule has 22 heavy (non-hydrogen) atoms. The quantitative estimate of drug-likeness (QED) is 0.835. The van der Waals surface area contributed by atoms with E-state index in [1.807, 2.05) is 26.0 Å². The van der Waals surface area contributed by atoms with E-state index in [2.05, 4.69) is 6.07 Å². The third-order valence-corrected chi connectivity index (χ3v) is 4.87. The molecule has 0 aliphatic heterocycles. The second-order valence-corrected chi connectivity index (χ2v) is 6.31. The third kappa shape index (κ3) is 5.54.